The minimum absolute atomic E-state index is 0. The number of aromatic amines is 2. The molecule has 3 aromatic carbocycles. The van der Waals surface area contributed by atoms with Crippen molar-refractivity contribution in [1.82, 2.24) is 24.5 Å². The third-order valence-electron chi connectivity index (χ3n) is 9.35. The van der Waals surface area contributed by atoms with Gasteiger partial charge in [-0.15, -0.1) is 0 Å². The molecule has 2 aliphatic rings. The summed E-state index contributed by atoms with van der Waals surface area (Å²) in [5, 5.41) is 0. The second-order valence-electron chi connectivity index (χ2n) is 12.4. The molecule has 7 aromatic rings. The van der Waals surface area contributed by atoms with E-state index in [4.69, 9.17) is 9.97 Å². The first-order chi connectivity index (χ1) is 24.1. The smallest absolute Gasteiger partial charge is 0.354 e. The number of nitrogens with zero attached hydrogens (tertiary/aromatic N) is 4. The Hall–Kier alpha value is -6.01. The molecule has 4 aromatic heterocycles. The summed E-state index contributed by atoms with van der Waals surface area (Å²) in [4.78, 5) is 18.4. The third-order valence-corrected chi connectivity index (χ3v) is 9.35. The Morgan fingerprint density at radius 1 is 0.480 bits per heavy atom. The molecule has 8 bridgehead atoms. The second-order valence-corrected chi connectivity index (χ2v) is 12.4. The summed E-state index contributed by atoms with van der Waals surface area (Å²) < 4.78 is 4.30. The number of imidazole rings is 1. The van der Waals surface area contributed by atoms with Crippen LogP contribution < -0.4 is 4.57 Å². The van der Waals surface area contributed by atoms with E-state index in [-0.39, 0.29) is 17.1 Å². The van der Waals surface area contributed by atoms with Crippen molar-refractivity contribution >= 4 is 46.4 Å². The van der Waals surface area contributed by atoms with Crippen molar-refractivity contribution in [1.29, 1.82) is 0 Å². The van der Waals surface area contributed by atoms with E-state index in [1.165, 1.54) is 0 Å². The summed E-state index contributed by atoms with van der Waals surface area (Å²) in [6, 6.07) is 40.2. The van der Waals surface area contributed by atoms with Gasteiger partial charge in [0.05, 0.1) is 42.4 Å². The Morgan fingerprint density at radius 2 is 0.820 bits per heavy atom. The monoisotopic (exact) mass is 688 g/mol. The Morgan fingerprint density at radius 3 is 1.16 bits per heavy atom. The van der Waals surface area contributed by atoms with Gasteiger partial charge in [-0.25, -0.2) is 19.1 Å². The number of fused-ring (bicyclic) bond motifs is 8. The van der Waals surface area contributed by atoms with Crippen molar-refractivity contribution in [2.24, 2.45) is 14.1 Å². The van der Waals surface area contributed by atoms with Crippen LogP contribution in [0.4, 0.5) is 0 Å². The van der Waals surface area contributed by atoms with E-state index in [9.17, 15) is 0 Å². The minimum atomic E-state index is 0. The summed E-state index contributed by atoms with van der Waals surface area (Å²) in [6.45, 7) is 0. The molecule has 0 atom stereocenters. The predicted octanol–water partition coefficient (Wildman–Crippen LogP) is 9.48. The first-order valence-corrected chi connectivity index (χ1v) is 16.5. The first kappa shape index (κ1) is 31.3. The number of rotatable bonds is 4. The molecule has 0 unspecified atom stereocenters. The van der Waals surface area contributed by atoms with Crippen molar-refractivity contribution in [3.63, 3.8) is 0 Å². The van der Waals surface area contributed by atoms with Gasteiger partial charge in [-0.1, -0.05) is 91.0 Å². The molecule has 2 aliphatic heterocycles. The van der Waals surface area contributed by atoms with Gasteiger partial charge in [-0.05, 0) is 65.3 Å². The third kappa shape index (κ3) is 5.34. The largest absolute Gasteiger partial charge is 2.00 e. The van der Waals surface area contributed by atoms with Gasteiger partial charge >= 0.3 is 17.1 Å². The van der Waals surface area contributed by atoms with Crippen LogP contribution in [0.15, 0.2) is 128 Å². The molecular weight excluding hydrogens is 655 g/mol. The fraction of sp³-hybridized carbons (Fsp3) is 0.0465. The van der Waals surface area contributed by atoms with Gasteiger partial charge in [0.1, 0.15) is 18.0 Å². The number of H-pyrrole nitrogens is 2. The molecule has 0 spiro atoms. The summed E-state index contributed by atoms with van der Waals surface area (Å²) >= 11 is 0. The van der Waals surface area contributed by atoms with E-state index in [0.29, 0.717) is 0 Å². The van der Waals surface area contributed by atoms with Crippen molar-refractivity contribution in [3.05, 3.63) is 150 Å². The number of hydrogen-bond acceptors (Lipinski definition) is 2. The Balaban J connectivity index is 0.00000361. The fourth-order valence-corrected chi connectivity index (χ4v) is 7.11. The molecule has 6 heterocycles. The van der Waals surface area contributed by atoms with Gasteiger partial charge in [0.15, 0.2) is 0 Å². The molecule has 50 heavy (non-hydrogen) atoms. The molecule has 1 radical (unpaired) electrons. The van der Waals surface area contributed by atoms with E-state index in [2.05, 4.69) is 167 Å². The van der Waals surface area contributed by atoms with Crippen LogP contribution in [-0.4, -0.2) is 24.5 Å². The van der Waals surface area contributed by atoms with E-state index >= 15 is 0 Å². The molecule has 0 fully saturated rings. The van der Waals surface area contributed by atoms with Crippen LogP contribution in [-0.2, 0) is 31.2 Å². The molecule has 2 N–H and O–H groups in total. The molecule has 239 valence electrons. The van der Waals surface area contributed by atoms with Crippen LogP contribution in [0.5, 0.6) is 0 Å². The van der Waals surface area contributed by atoms with Gasteiger partial charge in [0, 0.05) is 33.2 Å². The molecule has 9 rings (SSSR count). The van der Waals surface area contributed by atoms with Gasteiger partial charge in [-0.3, -0.25) is 0 Å². The average molecular weight is 689 g/mol. The quantitative estimate of drug-likeness (QED) is 0.143. The maximum Gasteiger partial charge on any atom is 2.00 e. The molecule has 0 aliphatic carbocycles. The zero-order valence-electron chi connectivity index (χ0n) is 27.6. The van der Waals surface area contributed by atoms with E-state index in [1.807, 2.05) is 18.2 Å². The van der Waals surface area contributed by atoms with Crippen molar-refractivity contribution in [3.8, 4) is 44.8 Å². The molecule has 0 saturated heterocycles. The van der Waals surface area contributed by atoms with Gasteiger partial charge < -0.3 is 9.97 Å². The summed E-state index contributed by atoms with van der Waals surface area (Å²) in [5.41, 5.74) is 14.9. The van der Waals surface area contributed by atoms with E-state index in [1.54, 1.807) is 0 Å². The molecule has 0 amide bonds. The second kappa shape index (κ2) is 12.8. The zero-order chi connectivity index (χ0) is 32.9. The van der Waals surface area contributed by atoms with Gasteiger partial charge in [0.25, 0.3) is 5.82 Å². The van der Waals surface area contributed by atoms with Crippen LogP contribution in [0.1, 0.15) is 22.8 Å². The SMILES string of the molecule is Cn1cc[n+](C)c1-c1c2nc(c(-c3ccccc3)c3ccc([nH]3)c(-c3ccccc3)c3nc(c(-c4ccccc4)c4ccc1[nH]4)C=C3)C=C2.[Mn+2]. The number of aromatic nitrogens is 6. The first-order valence-electron chi connectivity index (χ1n) is 16.5. The normalized spacial score (nSPS) is 11.9. The maximum atomic E-state index is 5.38. The molecular formula is C43H33MnN6+3. The van der Waals surface area contributed by atoms with Gasteiger partial charge in [0.2, 0.25) is 0 Å². The predicted molar refractivity (Wildman–Crippen MR) is 201 cm³/mol. The Kier molecular flexibility index (Phi) is 8.00. The minimum Gasteiger partial charge on any atom is -0.354 e. The summed E-state index contributed by atoms with van der Waals surface area (Å²) in [5.74, 6) is 1.04. The molecule has 6 nitrogen and oxygen atoms in total. The summed E-state index contributed by atoms with van der Waals surface area (Å²) in [7, 11) is 4.16. The number of hydrogen-bond donors (Lipinski definition) is 2. The number of aryl methyl sites for hydroxylation is 2. The van der Waals surface area contributed by atoms with E-state index in [0.717, 1.165) is 89.6 Å². The van der Waals surface area contributed by atoms with Crippen molar-refractivity contribution in [2.45, 2.75) is 0 Å². The maximum absolute atomic E-state index is 5.38. The van der Waals surface area contributed by atoms with Crippen LogP contribution in [0.2, 0.25) is 0 Å². The van der Waals surface area contributed by atoms with Crippen LogP contribution in [0, 0.1) is 0 Å². The van der Waals surface area contributed by atoms with Crippen molar-refractivity contribution in [2.75, 3.05) is 0 Å². The molecule has 0 saturated carbocycles. The molecule has 7 heteroatoms. The fourth-order valence-electron chi connectivity index (χ4n) is 7.11. The summed E-state index contributed by atoms with van der Waals surface area (Å²) in [6.07, 6.45) is 12.7. The van der Waals surface area contributed by atoms with Crippen LogP contribution in [0.3, 0.4) is 0 Å². The Labute approximate surface area is 300 Å². The van der Waals surface area contributed by atoms with Crippen LogP contribution >= 0.6 is 0 Å². The Bertz CT molecular complexity index is 2550. The van der Waals surface area contributed by atoms with Crippen LogP contribution in [0.25, 0.3) is 91.1 Å². The topological polar surface area (TPSA) is 66.2 Å². The average Bonchev–Trinajstić information content (AvgIpc) is 3.99. The zero-order valence-corrected chi connectivity index (χ0v) is 28.8. The van der Waals surface area contributed by atoms with Crippen molar-refractivity contribution < 1.29 is 21.6 Å². The van der Waals surface area contributed by atoms with E-state index < -0.39 is 0 Å². The number of nitrogens with one attached hydrogen (secondary N) is 2. The van der Waals surface area contributed by atoms with Gasteiger partial charge in [-0.2, -0.15) is 0 Å². The number of benzene rings is 3. The standard InChI is InChI=1S/C43H32N6.Mn/c1-48-26-27-49(2)43(48)42-37-24-22-35(46-37)40(29-14-8-4-9-15-29)33-20-18-31(44-33)39(28-12-6-3-7-13-28)32-19-21-34(45-32)41(30-16-10-5-11-17-30)36-23-25-38(42)47-36;/h3-27H,1-2H3,(H,44,45,46,47);/q;+2/p+1.